The van der Waals surface area contributed by atoms with Crippen LogP contribution in [0.3, 0.4) is 0 Å². The maximum absolute atomic E-state index is 13.9. The van der Waals surface area contributed by atoms with Gasteiger partial charge in [0.15, 0.2) is 0 Å². The highest BCUT2D eigenvalue weighted by molar-refractivity contribution is 7.89. The molecule has 1 fully saturated rings. The first kappa shape index (κ1) is 21.6. The zero-order valence-corrected chi connectivity index (χ0v) is 18.3. The SMILES string of the molecule is COc1ccc(F)cc1S(=O)(=O)N1Cc2cc(C(=O)N3CCCC3)ccc2OC[C@@H]1C. The van der Waals surface area contributed by atoms with Crippen LogP contribution in [0, 0.1) is 5.82 Å². The van der Waals surface area contributed by atoms with Gasteiger partial charge >= 0.3 is 0 Å². The zero-order chi connectivity index (χ0) is 22.2. The fourth-order valence-electron chi connectivity index (χ4n) is 4.00. The molecule has 0 N–H and O–H groups in total. The maximum atomic E-state index is 13.9. The van der Waals surface area contributed by atoms with Crippen molar-refractivity contribution in [3.8, 4) is 11.5 Å². The van der Waals surface area contributed by atoms with Gasteiger partial charge in [0.05, 0.1) is 13.2 Å². The molecule has 0 aliphatic carbocycles. The number of carbonyl (C=O) groups excluding carboxylic acids is 1. The third-order valence-corrected chi connectivity index (χ3v) is 7.69. The lowest BCUT2D eigenvalue weighted by Gasteiger charge is -2.26. The smallest absolute Gasteiger partial charge is 0.253 e. The number of ether oxygens (including phenoxy) is 2. The first-order chi connectivity index (χ1) is 14.8. The second-order valence-electron chi connectivity index (χ2n) is 7.83. The average Bonchev–Trinajstić information content (AvgIpc) is 3.24. The fraction of sp³-hybridized carbons (Fsp3) is 0.409. The van der Waals surface area contributed by atoms with E-state index in [0.29, 0.717) is 16.9 Å². The summed E-state index contributed by atoms with van der Waals surface area (Å²) in [5, 5.41) is 0. The van der Waals surface area contributed by atoms with Crippen molar-refractivity contribution >= 4 is 15.9 Å². The molecule has 9 heteroatoms. The minimum absolute atomic E-state index is 0.000376. The molecule has 0 bridgehead atoms. The molecule has 1 atom stereocenters. The van der Waals surface area contributed by atoms with Crippen LogP contribution in [0.15, 0.2) is 41.3 Å². The van der Waals surface area contributed by atoms with Gasteiger partial charge in [-0.15, -0.1) is 0 Å². The number of halogens is 1. The molecule has 0 unspecified atom stereocenters. The van der Waals surface area contributed by atoms with E-state index in [2.05, 4.69) is 0 Å². The molecular formula is C22H25FN2O5S. The zero-order valence-electron chi connectivity index (χ0n) is 17.5. The van der Waals surface area contributed by atoms with Crippen molar-refractivity contribution in [1.29, 1.82) is 0 Å². The van der Waals surface area contributed by atoms with Crippen LogP contribution in [0.25, 0.3) is 0 Å². The Labute approximate surface area is 181 Å². The third-order valence-electron chi connectivity index (χ3n) is 5.71. The van der Waals surface area contributed by atoms with Gasteiger partial charge in [0, 0.05) is 30.8 Å². The molecule has 4 rings (SSSR count). The van der Waals surface area contributed by atoms with Crippen LogP contribution < -0.4 is 9.47 Å². The molecule has 1 saturated heterocycles. The Morgan fingerprint density at radius 2 is 1.90 bits per heavy atom. The van der Waals surface area contributed by atoms with Crippen molar-refractivity contribution in [2.24, 2.45) is 0 Å². The highest BCUT2D eigenvalue weighted by Crippen LogP contribution is 2.33. The number of carbonyl (C=O) groups is 1. The summed E-state index contributed by atoms with van der Waals surface area (Å²) in [5.74, 6) is -0.138. The van der Waals surface area contributed by atoms with Gasteiger partial charge in [-0.3, -0.25) is 4.79 Å². The van der Waals surface area contributed by atoms with Crippen molar-refractivity contribution < 1.29 is 27.1 Å². The summed E-state index contributed by atoms with van der Waals surface area (Å²) in [4.78, 5) is 14.4. The molecule has 2 aromatic carbocycles. The quantitative estimate of drug-likeness (QED) is 0.719. The molecule has 2 aliphatic heterocycles. The monoisotopic (exact) mass is 448 g/mol. The number of hydrogen-bond donors (Lipinski definition) is 0. The molecule has 31 heavy (non-hydrogen) atoms. The predicted molar refractivity (Wildman–Crippen MR) is 112 cm³/mol. The molecule has 0 spiro atoms. The summed E-state index contributed by atoms with van der Waals surface area (Å²) in [6, 6.07) is 8.01. The van der Waals surface area contributed by atoms with Crippen molar-refractivity contribution in [2.45, 2.75) is 37.2 Å². The summed E-state index contributed by atoms with van der Waals surface area (Å²) >= 11 is 0. The van der Waals surface area contributed by atoms with E-state index in [4.69, 9.17) is 9.47 Å². The lowest BCUT2D eigenvalue weighted by atomic mass is 10.1. The highest BCUT2D eigenvalue weighted by Gasteiger charge is 2.35. The maximum Gasteiger partial charge on any atom is 0.253 e. The van der Waals surface area contributed by atoms with Gasteiger partial charge in [0.1, 0.15) is 28.8 Å². The molecule has 0 radical (unpaired) electrons. The van der Waals surface area contributed by atoms with E-state index in [9.17, 15) is 17.6 Å². The normalized spacial score (nSPS) is 19.5. The van der Waals surface area contributed by atoms with Gasteiger partial charge in [0.2, 0.25) is 10.0 Å². The van der Waals surface area contributed by atoms with Gasteiger partial charge in [0.25, 0.3) is 5.91 Å². The molecular weight excluding hydrogens is 423 g/mol. The number of likely N-dealkylation sites (tertiary alicyclic amines) is 1. The average molecular weight is 449 g/mol. The molecule has 7 nitrogen and oxygen atoms in total. The Hall–Kier alpha value is -2.65. The second-order valence-corrected chi connectivity index (χ2v) is 9.69. The van der Waals surface area contributed by atoms with Crippen LogP contribution in [0.1, 0.15) is 35.7 Å². The van der Waals surface area contributed by atoms with Gasteiger partial charge in [-0.05, 0) is 56.2 Å². The number of sulfonamides is 1. The summed E-state index contributed by atoms with van der Waals surface area (Å²) in [7, 11) is -2.76. The number of rotatable bonds is 4. The van der Waals surface area contributed by atoms with Crippen molar-refractivity contribution in [3.05, 3.63) is 53.3 Å². The van der Waals surface area contributed by atoms with Gasteiger partial charge < -0.3 is 14.4 Å². The Balaban J connectivity index is 1.70. The predicted octanol–water partition coefficient (Wildman–Crippen LogP) is 3.04. The third kappa shape index (κ3) is 4.12. The van der Waals surface area contributed by atoms with Crippen LogP contribution in [-0.2, 0) is 16.6 Å². The van der Waals surface area contributed by atoms with Crippen LogP contribution in [0.5, 0.6) is 11.5 Å². The van der Waals surface area contributed by atoms with Gasteiger partial charge in [-0.1, -0.05) is 0 Å². The van der Waals surface area contributed by atoms with E-state index < -0.39 is 21.9 Å². The summed E-state index contributed by atoms with van der Waals surface area (Å²) in [5.41, 5.74) is 1.09. The van der Waals surface area contributed by atoms with E-state index in [0.717, 1.165) is 38.1 Å². The number of benzene rings is 2. The minimum atomic E-state index is -4.10. The number of fused-ring (bicyclic) bond motifs is 1. The first-order valence-corrected chi connectivity index (χ1v) is 11.7. The lowest BCUT2D eigenvalue weighted by molar-refractivity contribution is 0.0792. The van der Waals surface area contributed by atoms with Crippen LogP contribution >= 0.6 is 0 Å². The summed E-state index contributed by atoms with van der Waals surface area (Å²) in [6.07, 6.45) is 1.97. The lowest BCUT2D eigenvalue weighted by Crippen LogP contribution is -2.40. The van der Waals surface area contributed by atoms with Crippen molar-refractivity contribution in [2.75, 3.05) is 26.8 Å². The van der Waals surface area contributed by atoms with E-state index in [1.165, 1.54) is 17.5 Å². The summed E-state index contributed by atoms with van der Waals surface area (Å²) < 4.78 is 53.1. The van der Waals surface area contributed by atoms with Gasteiger partial charge in [-0.25, -0.2) is 12.8 Å². The molecule has 1 amide bonds. The number of methoxy groups -OCH3 is 1. The molecule has 166 valence electrons. The minimum Gasteiger partial charge on any atom is -0.495 e. The topological polar surface area (TPSA) is 76.2 Å². The fourth-order valence-corrected chi connectivity index (χ4v) is 5.76. The number of amides is 1. The van der Waals surface area contributed by atoms with E-state index in [1.54, 1.807) is 30.0 Å². The standard InChI is InChI=1S/C22H25FN2O5S/c1-15-14-30-19-7-5-16(22(26)24-9-3-4-10-24)11-17(19)13-25(15)31(27,28)21-12-18(23)6-8-20(21)29-2/h5-8,11-12,15H,3-4,9-10,13-14H2,1-2H3/t15-/m0/s1. The largest absolute Gasteiger partial charge is 0.495 e. The van der Waals surface area contributed by atoms with Crippen LogP contribution in [0.2, 0.25) is 0 Å². The first-order valence-electron chi connectivity index (χ1n) is 10.2. The van der Waals surface area contributed by atoms with Crippen molar-refractivity contribution in [3.63, 3.8) is 0 Å². The van der Waals surface area contributed by atoms with E-state index >= 15 is 0 Å². The van der Waals surface area contributed by atoms with Crippen LogP contribution in [-0.4, -0.2) is 56.4 Å². The van der Waals surface area contributed by atoms with Crippen molar-refractivity contribution in [1.82, 2.24) is 9.21 Å². The van der Waals surface area contributed by atoms with Crippen LogP contribution in [0.4, 0.5) is 4.39 Å². The second kappa shape index (κ2) is 8.47. The highest BCUT2D eigenvalue weighted by atomic mass is 32.2. The Kier molecular flexibility index (Phi) is 5.90. The summed E-state index contributed by atoms with van der Waals surface area (Å²) in [6.45, 7) is 3.31. The molecule has 0 aromatic heterocycles. The molecule has 2 aliphatic rings. The molecule has 0 saturated carbocycles. The van der Waals surface area contributed by atoms with E-state index in [1.807, 2.05) is 0 Å². The van der Waals surface area contributed by atoms with Gasteiger partial charge in [-0.2, -0.15) is 4.31 Å². The Morgan fingerprint density at radius 3 is 2.61 bits per heavy atom. The Morgan fingerprint density at radius 1 is 1.16 bits per heavy atom. The number of hydrogen-bond acceptors (Lipinski definition) is 5. The molecule has 2 aromatic rings. The Bertz CT molecular complexity index is 1100. The van der Waals surface area contributed by atoms with E-state index in [-0.39, 0.29) is 29.7 Å². The number of nitrogens with zero attached hydrogens (tertiary/aromatic N) is 2. The molecule has 2 heterocycles.